The molecule has 2 nitrogen and oxygen atoms in total. The number of benzene rings is 1. The topological polar surface area (TPSA) is 46.2 Å². The Kier molecular flexibility index (Phi) is 2.86. The van der Waals surface area contributed by atoms with E-state index in [1.165, 1.54) is 42.4 Å². The van der Waals surface area contributed by atoms with Crippen molar-refractivity contribution in [3.05, 3.63) is 28.3 Å². The van der Waals surface area contributed by atoms with E-state index in [0.717, 1.165) is 31.2 Å². The quantitative estimate of drug-likeness (QED) is 0.797. The van der Waals surface area contributed by atoms with Crippen LogP contribution in [0.5, 0.6) is 5.75 Å². The molecule has 0 atom stereocenters. The van der Waals surface area contributed by atoms with Crippen LogP contribution in [0, 0.1) is 6.92 Å². The van der Waals surface area contributed by atoms with Gasteiger partial charge in [-0.2, -0.15) is 0 Å². The van der Waals surface area contributed by atoms with Crippen molar-refractivity contribution < 1.29 is 5.11 Å². The van der Waals surface area contributed by atoms with E-state index in [0.29, 0.717) is 5.75 Å². The van der Waals surface area contributed by atoms with E-state index in [4.69, 9.17) is 5.73 Å². The Morgan fingerprint density at radius 1 is 1.06 bits per heavy atom. The highest BCUT2D eigenvalue weighted by Crippen LogP contribution is 2.45. The van der Waals surface area contributed by atoms with Crippen molar-refractivity contribution in [2.75, 3.05) is 0 Å². The van der Waals surface area contributed by atoms with Gasteiger partial charge in [-0.25, -0.2) is 0 Å². The van der Waals surface area contributed by atoms with Gasteiger partial charge in [0, 0.05) is 11.1 Å². The minimum absolute atomic E-state index is 0.265. The Labute approximate surface area is 109 Å². The smallest absolute Gasteiger partial charge is 0.121 e. The van der Waals surface area contributed by atoms with Gasteiger partial charge < -0.3 is 10.8 Å². The molecular formula is C16H23NO. The Balaban J connectivity index is 2.19. The molecule has 18 heavy (non-hydrogen) atoms. The third-order valence-electron chi connectivity index (χ3n) is 4.85. The largest absolute Gasteiger partial charge is 0.508 e. The highest BCUT2D eigenvalue weighted by Gasteiger charge is 2.36. The van der Waals surface area contributed by atoms with Gasteiger partial charge in [-0.1, -0.05) is 12.8 Å². The molecule has 2 aliphatic rings. The van der Waals surface area contributed by atoms with Crippen molar-refractivity contribution in [2.45, 2.75) is 63.8 Å². The minimum Gasteiger partial charge on any atom is -0.508 e. The van der Waals surface area contributed by atoms with Crippen LogP contribution in [0.25, 0.3) is 0 Å². The maximum absolute atomic E-state index is 10.4. The summed E-state index contributed by atoms with van der Waals surface area (Å²) in [4.78, 5) is 0. The number of aromatic hydroxyl groups is 1. The van der Waals surface area contributed by atoms with Crippen molar-refractivity contribution in [3.8, 4) is 5.75 Å². The van der Waals surface area contributed by atoms with Crippen LogP contribution in [0.3, 0.4) is 0 Å². The molecule has 0 bridgehead atoms. The Bertz CT molecular complexity index is 472. The molecule has 98 valence electrons. The first-order valence-corrected chi connectivity index (χ1v) is 7.25. The van der Waals surface area contributed by atoms with Crippen molar-refractivity contribution >= 4 is 0 Å². The fourth-order valence-electron chi connectivity index (χ4n) is 3.95. The lowest BCUT2D eigenvalue weighted by Crippen LogP contribution is -2.35. The average molecular weight is 245 g/mol. The summed E-state index contributed by atoms with van der Waals surface area (Å²) in [6, 6.07) is 1.94. The number of rotatable bonds is 1. The molecular weight excluding hydrogens is 222 g/mol. The fraction of sp³-hybridized carbons (Fsp3) is 0.625. The van der Waals surface area contributed by atoms with E-state index >= 15 is 0 Å². The number of nitrogens with two attached hydrogens (primary N) is 1. The second-order valence-electron chi connectivity index (χ2n) is 6.12. The minimum atomic E-state index is -0.265. The molecule has 1 saturated carbocycles. The Hall–Kier alpha value is -1.02. The molecule has 0 saturated heterocycles. The molecule has 2 aliphatic carbocycles. The molecule has 0 radical (unpaired) electrons. The van der Waals surface area contributed by atoms with Gasteiger partial charge in [0.1, 0.15) is 5.75 Å². The zero-order valence-corrected chi connectivity index (χ0v) is 11.3. The Morgan fingerprint density at radius 3 is 2.33 bits per heavy atom. The highest BCUT2D eigenvalue weighted by molar-refractivity contribution is 5.53. The molecule has 3 rings (SSSR count). The highest BCUT2D eigenvalue weighted by atomic mass is 16.3. The van der Waals surface area contributed by atoms with Gasteiger partial charge in [-0.3, -0.25) is 0 Å². The molecule has 0 spiro atoms. The molecule has 1 aromatic carbocycles. The van der Waals surface area contributed by atoms with Gasteiger partial charge in [0.25, 0.3) is 0 Å². The standard InChI is InChI=1S/C16H23NO/c1-11-10-14(18)15(16(17)8-4-5-9-16)13-7-3-2-6-12(11)13/h10,18H,2-9,17H2,1H3. The number of fused-ring (bicyclic) bond motifs is 1. The van der Waals surface area contributed by atoms with Crippen LogP contribution >= 0.6 is 0 Å². The first kappa shape index (κ1) is 12.0. The predicted molar refractivity (Wildman–Crippen MR) is 73.8 cm³/mol. The third kappa shape index (κ3) is 1.74. The summed E-state index contributed by atoms with van der Waals surface area (Å²) in [5, 5.41) is 10.4. The first-order valence-electron chi connectivity index (χ1n) is 7.25. The zero-order chi connectivity index (χ0) is 12.8. The summed E-state index contributed by atoms with van der Waals surface area (Å²) >= 11 is 0. The number of hydrogen-bond acceptors (Lipinski definition) is 2. The van der Waals surface area contributed by atoms with Crippen molar-refractivity contribution in [1.29, 1.82) is 0 Å². The molecule has 0 amide bonds. The van der Waals surface area contributed by atoms with E-state index < -0.39 is 0 Å². The van der Waals surface area contributed by atoms with Crippen LogP contribution in [-0.2, 0) is 18.4 Å². The van der Waals surface area contributed by atoms with Gasteiger partial charge in [0.2, 0.25) is 0 Å². The maximum atomic E-state index is 10.4. The van der Waals surface area contributed by atoms with E-state index in [9.17, 15) is 5.11 Å². The van der Waals surface area contributed by atoms with E-state index in [1.807, 2.05) is 6.07 Å². The van der Waals surface area contributed by atoms with Crippen LogP contribution < -0.4 is 5.73 Å². The van der Waals surface area contributed by atoms with Crippen molar-refractivity contribution in [1.82, 2.24) is 0 Å². The summed E-state index contributed by atoms with van der Waals surface area (Å²) in [6.45, 7) is 2.12. The molecule has 0 aliphatic heterocycles. The molecule has 3 N–H and O–H groups in total. The summed E-state index contributed by atoms with van der Waals surface area (Å²) in [5.41, 5.74) is 11.5. The number of aryl methyl sites for hydroxylation is 1. The van der Waals surface area contributed by atoms with Crippen LogP contribution in [0.15, 0.2) is 6.07 Å². The molecule has 1 fully saturated rings. The average Bonchev–Trinajstić information content (AvgIpc) is 2.77. The van der Waals surface area contributed by atoms with Gasteiger partial charge in [0.05, 0.1) is 0 Å². The van der Waals surface area contributed by atoms with Crippen LogP contribution in [-0.4, -0.2) is 5.11 Å². The van der Waals surface area contributed by atoms with Gasteiger partial charge in [-0.05, 0) is 68.2 Å². The molecule has 0 unspecified atom stereocenters. The van der Waals surface area contributed by atoms with Gasteiger partial charge in [0.15, 0.2) is 0 Å². The third-order valence-corrected chi connectivity index (χ3v) is 4.85. The second-order valence-corrected chi connectivity index (χ2v) is 6.12. The lowest BCUT2D eigenvalue weighted by molar-refractivity contribution is 0.402. The number of hydrogen-bond donors (Lipinski definition) is 2. The number of phenols is 1. The molecule has 0 aromatic heterocycles. The molecule has 2 heteroatoms. The normalized spacial score (nSPS) is 21.9. The summed E-state index contributed by atoms with van der Waals surface area (Å²) in [5.74, 6) is 0.442. The summed E-state index contributed by atoms with van der Waals surface area (Å²) < 4.78 is 0. The Morgan fingerprint density at radius 2 is 1.67 bits per heavy atom. The lowest BCUT2D eigenvalue weighted by atomic mass is 9.77. The van der Waals surface area contributed by atoms with E-state index in [2.05, 4.69) is 6.92 Å². The first-order chi connectivity index (χ1) is 8.62. The number of phenolic OH excluding ortho intramolecular Hbond substituents is 1. The van der Waals surface area contributed by atoms with Gasteiger partial charge in [-0.15, -0.1) is 0 Å². The van der Waals surface area contributed by atoms with Crippen molar-refractivity contribution in [3.63, 3.8) is 0 Å². The second kappa shape index (κ2) is 4.27. The summed E-state index contributed by atoms with van der Waals surface area (Å²) in [6.07, 6.45) is 9.20. The van der Waals surface area contributed by atoms with Crippen LogP contribution in [0.2, 0.25) is 0 Å². The molecule has 1 aromatic rings. The van der Waals surface area contributed by atoms with Crippen LogP contribution in [0.4, 0.5) is 0 Å². The maximum Gasteiger partial charge on any atom is 0.121 e. The van der Waals surface area contributed by atoms with Crippen molar-refractivity contribution in [2.24, 2.45) is 5.73 Å². The fourth-order valence-corrected chi connectivity index (χ4v) is 3.95. The summed E-state index contributed by atoms with van der Waals surface area (Å²) in [7, 11) is 0. The monoisotopic (exact) mass is 245 g/mol. The van der Waals surface area contributed by atoms with Gasteiger partial charge >= 0.3 is 0 Å². The molecule has 0 heterocycles. The predicted octanol–water partition coefficient (Wildman–Crippen LogP) is 3.31. The van der Waals surface area contributed by atoms with Crippen LogP contribution in [0.1, 0.15) is 60.8 Å². The van der Waals surface area contributed by atoms with E-state index in [-0.39, 0.29) is 5.54 Å². The van der Waals surface area contributed by atoms with E-state index in [1.54, 1.807) is 0 Å². The zero-order valence-electron chi connectivity index (χ0n) is 11.3. The lowest BCUT2D eigenvalue weighted by Gasteiger charge is -2.32. The SMILES string of the molecule is Cc1cc(O)c(C2(N)CCCC2)c2c1CCCC2.